The lowest BCUT2D eigenvalue weighted by Crippen LogP contribution is -2.52. The van der Waals surface area contributed by atoms with Crippen LogP contribution >= 0.6 is 0 Å². The lowest BCUT2D eigenvalue weighted by Gasteiger charge is -2.55. The minimum Gasteiger partial charge on any atom is -0.384 e. The van der Waals surface area contributed by atoms with Gasteiger partial charge in [0.1, 0.15) is 5.60 Å². The number of piperidine rings is 1. The van der Waals surface area contributed by atoms with Gasteiger partial charge in [0.05, 0.1) is 17.3 Å². The number of nitrogens with zero attached hydrogens (tertiary/aromatic N) is 2. The van der Waals surface area contributed by atoms with E-state index in [0.29, 0.717) is 6.04 Å². The summed E-state index contributed by atoms with van der Waals surface area (Å²) in [6.07, 6.45) is 11.0. The normalized spacial score (nSPS) is 26.5. The molecule has 0 radical (unpaired) electrons. The molecule has 0 aliphatic carbocycles. The molecule has 3 nitrogen and oxygen atoms in total. The van der Waals surface area contributed by atoms with Crippen LogP contribution in [0.15, 0.2) is 30.3 Å². The van der Waals surface area contributed by atoms with Crippen molar-refractivity contribution in [2.24, 2.45) is 5.41 Å². The lowest BCUT2D eigenvalue weighted by molar-refractivity contribution is 0.0190. The first-order valence-electron chi connectivity index (χ1n) is 11.9. The van der Waals surface area contributed by atoms with Gasteiger partial charge in [-0.25, -0.2) is 0 Å². The number of benzene rings is 1. The molecule has 0 spiro atoms. The van der Waals surface area contributed by atoms with E-state index in [0.717, 1.165) is 38.5 Å². The second-order valence-corrected chi connectivity index (χ2v) is 9.66. The van der Waals surface area contributed by atoms with Gasteiger partial charge in [-0.2, -0.15) is 0 Å². The summed E-state index contributed by atoms with van der Waals surface area (Å²) >= 11 is 0. The molecule has 0 amide bonds. The van der Waals surface area contributed by atoms with Gasteiger partial charge >= 0.3 is 0 Å². The maximum atomic E-state index is 12.0. The molecule has 4 heterocycles. The van der Waals surface area contributed by atoms with E-state index in [2.05, 4.69) is 60.6 Å². The molecule has 156 valence electrons. The van der Waals surface area contributed by atoms with Crippen molar-refractivity contribution in [3.05, 3.63) is 41.6 Å². The van der Waals surface area contributed by atoms with Gasteiger partial charge in [-0.05, 0) is 56.7 Å². The highest BCUT2D eigenvalue weighted by Crippen LogP contribution is 2.58. The minimum absolute atomic E-state index is 0.155. The van der Waals surface area contributed by atoms with Crippen molar-refractivity contribution in [2.75, 3.05) is 13.1 Å². The Morgan fingerprint density at radius 1 is 1.10 bits per heavy atom. The van der Waals surface area contributed by atoms with E-state index in [1.165, 1.54) is 48.2 Å². The quantitative estimate of drug-likeness (QED) is 0.661. The number of fused-ring (bicyclic) bond motifs is 3. The Morgan fingerprint density at radius 3 is 2.59 bits per heavy atom. The largest absolute Gasteiger partial charge is 0.384 e. The Kier molecular flexibility index (Phi) is 4.67. The first-order valence-corrected chi connectivity index (χ1v) is 11.9. The van der Waals surface area contributed by atoms with Crippen LogP contribution in [0.5, 0.6) is 0 Å². The van der Waals surface area contributed by atoms with Crippen molar-refractivity contribution in [1.82, 2.24) is 9.47 Å². The smallest absolute Gasteiger partial charge is 0.105 e. The van der Waals surface area contributed by atoms with Crippen molar-refractivity contribution in [1.29, 1.82) is 0 Å². The lowest BCUT2D eigenvalue weighted by atomic mass is 9.65. The number of hydrogen-bond donors (Lipinski definition) is 1. The van der Waals surface area contributed by atoms with Gasteiger partial charge in [0, 0.05) is 23.0 Å². The van der Waals surface area contributed by atoms with Crippen LogP contribution in [0.2, 0.25) is 0 Å². The summed E-state index contributed by atoms with van der Waals surface area (Å²) in [5.74, 6) is 0. The molecule has 1 saturated heterocycles. The van der Waals surface area contributed by atoms with Gasteiger partial charge in [0.2, 0.25) is 0 Å². The standard InChI is InChI=1S/C26H36N2O/c1-4-13-26(29,14-5-2)22-18-25(6-3)15-9-16-27-17-12-20-19-10-7-8-11-21(19)28(22)23(20)24(25)27/h7-8,10-11,18,24,29H,4-6,9,12-17H2,1-3H3/t24?,25-/m0/s1. The summed E-state index contributed by atoms with van der Waals surface area (Å²) in [6.45, 7) is 9.15. The summed E-state index contributed by atoms with van der Waals surface area (Å²) in [4.78, 5) is 2.75. The molecular weight excluding hydrogens is 356 g/mol. The summed E-state index contributed by atoms with van der Waals surface area (Å²) < 4.78 is 2.51. The first kappa shape index (κ1) is 19.4. The van der Waals surface area contributed by atoms with Crippen LogP contribution in [0, 0.1) is 5.41 Å². The summed E-state index contributed by atoms with van der Waals surface area (Å²) in [7, 11) is 0. The molecule has 29 heavy (non-hydrogen) atoms. The predicted molar refractivity (Wildman–Crippen MR) is 121 cm³/mol. The highest BCUT2D eigenvalue weighted by molar-refractivity contribution is 5.90. The third-order valence-corrected chi connectivity index (χ3v) is 8.05. The molecule has 3 heteroatoms. The molecule has 2 atom stereocenters. The Balaban J connectivity index is 1.84. The third-order valence-electron chi connectivity index (χ3n) is 8.05. The van der Waals surface area contributed by atoms with Crippen molar-refractivity contribution in [3.63, 3.8) is 0 Å². The summed E-state index contributed by atoms with van der Waals surface area (Å²) in [6, 6.07) is 9.38. The summed E-state index contributed by atoms with van der Waals surface area (Å²) in [5.41, 5.74) is 4.94. The van der Waals surface area contributed by atoms with Crippen LogP contribution in [0.1, 0.15) is 83.0 Å². The van der Waals surface area contributed by atoms with Crippen molar-refractivity contribution in [3.8, 4) is 0 Å². The SMILES string of the molecule is CCCC(O)(CCC)C1=C[C@]2(CC)CCCN3CCc4c(n1c1ccccc41)C32. The maximum absolute atomic E-state index is 12.0. The number of para-hydroxylation sites is 1. The first-order chi connectivity index (χ1) is 14.1. The molecule has 0 bridgehead atoms. The number of hydrogen-bond acceptors (Lipinski definition) is 2. The average molecular weight is 393 g/mol. The molecule has 1 unspecified atom stereocenters. The van der Waals surface area contributed by atoms with Crippen LogP contribution in [0.3, 0.4) is 0 Å². The van der Waals surface area contributed by atoms with E-state index in [4.69, 9.17) is 0 Å². The Labute approximate surface area is 175 Å². The van der Waals surface area contributed by atoms with Crippen LogP contribution in [0.25, 0.3) is 16.6 Å². The van der Waals surface area contributed by atoms with E-state index in [-0.39, 0.29) is 5.41 Å². The maximum Gasteiger partial charge on any atom is 0.105 e. The van der Waals surface area contributed by atoms with E-state index in [1.807, 2.05) is 0 Å². The van der Waals surface area contributed by atoms with Crippen molar-refractivity contribution >= 4 is 16.6 Å². The second-order valence-electron chi connectivity index (χ2n) is 9.66. The third kappa shape index (κ3) is 2.63. The van der Waals surface area contributed by atoms with Crippen molar-refractivity contribution in [2.45, 2.75) is 83.8 Å². The molecule has 5 rings (SSSR count). The fraction of sp³-hybridized carbons (Fsp3) is 0.615. The minimum atomic E-state index is -0.744. The van der Waals surface area contributed by atoms with Gasteiger partial charge in [-0.3, -0.25) is 4.90 Å². The fourth-order valence-corrected chi connectivity index (χ4v) is 6.83. The van der Waals surface area contributed by atoms with Gasteiger partial charge < -0.3 is 9.67 Å². The number of aliphatic hydroxyl groups is 1. The van der Waals surface area contributed by atoms with E-state index < -0.39 is 5.60 Å². The van der Waals surface area contributed by atoms with Gasteiger partial charge in [0.15, 0.2) is 0 Å². The van der Waals surface area contributed by atoms with Crippen LogP contribution < -0.4 is 0 Å². The molecule has 1 aromatic carbocycles. The van der Waals surface area contributed by atoms with Gasteiger partial charge in [0.25, 0.3) is 0 Å². The van der Waals surface area contributed by atoms with Gasteiger partial charge in [-0.1, -0.05) is 57.9 Å². The topological polar surface area (TPSA) is 28.4 Å². The predicted octanol–water partition coefficient (Wildman–Crippen LogP) is 5.92. The summed E-state index contributed by atoms with van der Waals surface area (Å²) in [5, 5.41) is 13.4. The molecule has 1 N–H and O–H groups in total. The molecule has 1 aromatic heterocycles. The second kappa shape index (κ2) is 6.99. The Hall–Kier alpha value is -1.58. The average Bonchev–Trinajstić information content (AvgIpc) is 3.08. The number of aromatic nitrogens is 1. The van der Waals surface area contributed by atoms with Crippen LogP contribution in [-0.4, -0.2) is 33.3 Å². The molecular formula is C26H36N2O. The van der Waals surface area contributed by atoms with Crippen LogP contribution in [0.4, 0.5) is 0 Å². The molecule has 1 fully saturated rings. The fourth-order valence-electron chi connectivity index (χ4n) is 6.83. The molecule has 0 saturated carbocycles. The Bertz CT molecular complexity index is 949. The zero-order valence-corrected chi connectivity index (χ0v) is 18.4. The molecule has 2 aromatic rings. The zero-order chi connectivity index (χ0) is 20.2. The van der Waals surface area contributed by atoms with E-state index >= 15 is 0 Å². The molecule has 3 aliphatic rings. The Morgan fingerprint density at radius 2 is 1.86 bits per heavy atom. The zero-order valence-electron chi connectivity index (χ0n) is 18.4. The number of rotatable bonds is 6. The van der Waals surface area contributed by atoms with Crippen molar-refractivity contribution < 1.29 is 5.11 Å². The highest BCUT2D eigenvalue weighted by atomic mass is 16.3. The van der Waals surface area contributed by atoms with E-state index in [1.54, 1.807) is 5.56 Å². The van der Waals surface area contributed by atoms with Gasteiger partial charge in [-0.15, -0.1) is 0 Å². The van der Waals surface area contributed by atoms with Crippen LogP contribution in [-0.2, 0) is 6.42 Å². The highest BCUT2D eigenvalue weighted by Gasteiger charge is 2.52. The van der Waals surface area contributed by atoms with E-state index in [9.17, 15) is 5.11 Å². The molecule has 3 aliphatic heterocycles. The monoisotopic (exact) mass is 392 g/mol.